The summed E-state index contributed by atoms with van der Waals surface area (Å²) in [6.45, 7) is 2.19. The molecule has 1 fully saturated rings. The van der Waals surface area contributed by atoms with Crippen molar-refractivity contribution in [2.24, 2.45) is 5.41 Å². The molecule has 44 heavy (non-hydrogen) atoms. The smallest absolute Gasteiger partial charge is 0.240 e. The molecule has 4 aromatic rings. The van der Waals surface area contributed by atoms with Crippen molar-refractivity contribution in [2.45, 2.75) is 12.8 Å². The molecule has 0 bridgehead atoms. The zero-order valence-electron chi connectivity index (χ0n) is 23.4. The maximum atomic E-state index is 15.2. The molecule has 11 nitrogen and oxygen atoms in total. The van der Waals surface area contributed by atoms with Crippen molar-refractivity contribution in [3.8, 4) is 23.1 Å². The molecule has 0 saturated heterocycles. The number of hydrogen-bond donors (Lipinski definition) is 2. The number of nitrogens with one attached hydrogen (secondary N) is 2. The van der Waals surface area contributed by atoms with Crippen molar-refractivity contribution in [1.82, 2.24) is 9.97 Å². The first-order valence-electron chi connectivity index (χ1n) is 14.0. The van der Waals surface area contributed by atoms with E-state index in [-0.39, 0.29) is 23.9 Å². The van der Waals surface area contributed by atoms with Crippen molar-refractivity contribution in [3.05, 3.63) is 72.6 Å². The standard InChI is InChI=1S/C31H28F2N4O7/c32-19-1-3-20(4-2-19)36-29(38)31(7-8-31)30(39)37-21-5-6-25(23(33)15-21)44-28-22-16-26-27(17-24(22)34-18-35-28)43-14-12-41-10-9-40-11-13-42-26/h1-6,15-18H,7-14H2,(H,36,38)(H,37,39). The van der Waals surface area contributed by atoms with E-state index in [2.05, 4.69) is 20.6 Å². The molecule has 1 saturated carbocycles. The fourth-order valence-corrected chi connectivity index (χ4v) is 4.57. The van der Waals surface area contributed by atoms with Crippen LogP contribution in [0.3, 0.4) is 0 Å². The average molecular weight is 607 g/mol. The SMILES string of the molecule is O=C(Nc1ccc(F)cc1)C1(C(=O)Nc2ccc(Oc3ncnc4cc5c(cc34)OCCOCCOCCO5)c(F)c2)CC1. The summed E-state index contributed by atoms with van der Waals surface area (Å²) >= 11 is 0. The number of halogens is 2. The number of anilines is 2. The van der Waals surface area contributed by atoms with Gasteiger partial charge in [0.25, 0.3) is 0 Å². The van der Waals surface area contributed by atoms with Crippen LogP contribution in [0.15, 0.2) is 60.9 Å². The molecule has 13 heteroatoms. The Kier molecular flexibility index (Phi) is 8.48. The van der Waals surface area contributed by atoms with Crippen LogP contribution in [-0.2, 0) is 19.1 Å². The molecule has 0 radical (unpaired) electrons. The van der Waals surface area contributed by atoms with Crippen LogP contribution in [0, 0.1) is 17.0 Å². The first kappa shape index (κ1) is 29.2. The van der Waals surface area contributed by atoms with Crippen LogP contribution < -0.4 is 24.8 Å². The molecular weight excluding hydrogens is 578 g/mol. The monoisotopic (exact) mass is 606 g/mol. The lowest BCUT2D eigenvalue weighted by Gasteiger charge is -2.17. The van der Waals surface area contributed by atoms with Crippen LogP contribution >= 0.6 is 0 Å². The van der Waals surface area contributed by atoms with Gasteiger partial charge in [-0.1, -0.05) is 0 Å². The molecule has 2 N–H and O–H groups in total. The minimum atomic E-state index is -1.29. The number of rotatable bonds is 6. The number of carbonyl (C=O) groups is 2. The minimum Gasteiger partial charge on any atom is -0.487 e. The van der Waals surface area contributed by atoms with Crippen LogP contribution in [0.2, 0.25) is 0 Å². The van der Waals surface area contributed by atoms with E-state index in [1.807, 2.05) is 0 Å². The quantitative estimate of drug-likeness (QED) is 0.296. The maximum absolute atomic E-state index is 15.2. The molecular formula is C31H28F2N4O7. The number of benzene rings is 3. The highest BCUT2D eigenvalue weighted by atomic mass is 19.1. The number of amides is 2. The molecule has 2 heterocycles. The van der Waals surface area contributed by atoms with Crippen molar-refractivity contribution in [1.29, 1.82) is 0 Å². The maximum Gasteiger partial charge on any atom is 0.240 e. The summed E-state index contributed by atoms with van der Waals surface area (Å²) < 4.78 is 56.9. The number of hydrogen-bond acceptors (Lipinski definition) is 9. The van der Waals surface area contributed by atoms with Gasteiger partial charge in [0.15, 0.2) is 23.1 Å². The molecule has 228 valence electrons. The molecule has 0 unspecified atom stereocenters. The van der Waals surface area contributed by atoms with E-state index in [4.69, 9.17) is 23.7 Å². The Morgan fingerprint density at radius 3 is 2.02 bits per heavy atom. The Morgan fingerprint density at radius 2 is 1.36 bits per heavy atom. The summed E-state index contributed by atoms with van der Waals surface area (Å²) in [7, 11) is 0. The second-order valence-electron chi connectivity index (χ2n) is 10.2. The summed E-state index contributed by atoms with van der Waals surface area (Å²) in [5.74, 6) is -1.49. The third-order valence-electron chi connectivity index (χ3n) is 7.12. The van der Waals surface area contributed by atoms with E-state index in [1.54, 1.807) is 12.1 Å². The normalized spacial score (nSPS) is 16.2. The highest BCUT2D eigenvalue weighted by Crippen LogP contribution is 2.47. The van der Waals surface area contributed by atoms with Crippen molar-refractivity contribution in [3.63, 3.8) is 0 Å². The fraction of sp³-hybridized carbons (Fsp3) is 0.290. The zero-order chi connectivity index (χ0) is 30.5. The highest BCUT2D eigenvalue weighted by molar-refractivity contribution is 6.16. The topological polar surface area (TPSA) is 130 Å². The molecule has 6 rings (SSSR count). The summed E-state index contributed by atoms with van der Waals surface area (Å²) in [6.07, 6.45) is 1.95. The van der Waals surface area contributed by atoms with Gasteiger partial charge in [-0.3, -0.25) is 9.59 Å². The Bertz CT molecular complexity index is 1680. The predicted octanol–water partition coefficient (Wildman–Crippen LogP) is 4.86. The summed E-state index contributed by atoms with van der Waals surface area (Å²) in [6, 6.07) is 12.5. The van der Waals surface area contributed by atoms with Gasteiger partial charge in [-0.05, 0) is 55.3 Å². The third-order valence-corrected chi connectivity index (χ3v) is 7.12. The number of ether oxygens (including phenoxy) is 5. The highest BCUT2D eigenvalue weighted by Gasteiger charge is 2.56. The van der Waals surface area contributed by atoms with Crippen LogP contribution in [0.25, 0.3) is 10.9 Å². The van der Waals surface area contributed by atoms with Crippen LogP contribution in [0.4, 0.5) is 20.2 Å². The van der Waals surface area contributed by atoms with E-state index in [0.717, 1.165) is 6.07 Å². The summed E-state index contributed by atoms with van der Waals surface area (Å²) in [5.41, 5.74) is -0.297. The Labute approximate surface area is 250 Å². The first-order valence-corrected chi connectivity index (χ1v) is 14.0. The average Bonchev–Trinajstić information content (AvgIpc) is 3.82. The van der Waals surface area contributed by atoms with E-state index in [9.17, 15) is 14.0 Å². The largest absolute Gasteiger partial charge is 0.487 e. The Morgan fingerprint density at radius 1 is 0.750 bits per heavy atom. The second kappa shape index (κ2) is 12.8. The summed E-state index contributed by atoms with van der Waals surface area (Å²) in [4.78, 5) is 34.3. The van der Waals surface area contributed by atoms with Gasteiger partial charge in [0.2, 0.25) is 17.7 Å². The van der Waals surface area contributed by atoms with Crippen LogP contribution in [-0.4, -0.2) is 61.4 Å². The lowest BCUT2D eigenvalue weighted by molar-refractivity contribution is -0.131. The first-order chi connectivity index (χ1) is 21.4. The Balaban J connectivity index is 1.16. The van der Waals surface area contributed by atoms with E-state index in [1.165, 1.54) is 42.7 Å². The second-order valence-corrected chi connectivity index (χ2v) is 10.2. The van der Waals surface area contributed by atoms with Gasteiger partial charge in [0.05, 0.1) is 37.3 Å². The number of carbonyl (C=O) groups excluding carboxylic acids is 2. The molecule has 1 aliphatic heterocycles. The Hall–Kier alpha value is -4.88. The van der Waals surface area contributed by atoms with Crippen molar-refractivity contribution < 1.29 is 42.1 Å². The van der Waals surface area contributed by atoms with E-state index < -0.39 is 28.9 Å². The molecule has 1 aliphatic carbocycles. The molecule has 0 atom stereocenters. The molecule has 2 aliphatic rings. The minimum absolute atomic E-state index is 0.0807. The van der Waals surface area contributed by atoms with Gasteiger partial charge in [0, 0.05) is 23.5 Å². The van der Waals surface area contributed by atoms with Crippen molar-refractivity contribution in [2.75, 3.05) is 50.3 Å². The van der Waals surface area contributed by atoms with Gasteiger partial charge < -0.3 is 34.3 Å². The van der Waals surface area contributed by atoms with Crippen LogP contribution in [0.1, 0.15) is 12.8 Å². The number of aromatic nitrogens is 2. The van der Waals surface area contributed by atoms with Gasteiger partial charge in [-0.15, -0.1) is 0 Å². The number of nitrogens with zero attached hydrogens (tertiary/aromatic N) is 2. The van der Waals surface area contributed by atoms with E-state index >= 15 is 4.39 Å². The predicted molar refractivity (Wildman–Crippen MR) is 154 cm³/mol. The molecule has 1 aromatic heterocycles. The summed E-state index contributed by atoms with van der Waals surface area (Å²) in [5, 5.41) is 5.71. The zero-order valence-corrected chi connectivity index (χ0v) is 23.4. The van der Waals surface area contributed by atoms with Gasteiger partial charge in [0.1, 0.15) is 30.8 Å². The molecule has 2 amide bonds. The lowest BCUT2D eigenvalue weighted by Crippen LogP contribution is -2.35. The van der Waals surface area contributed by atoms with Gasteiger partial charge >= 0.3 is 0 Å². The third kappa shape index (κ3) is 6.53. The van der Waals surface area contributed by atoms with Gasteiger partial charge in [-0.25, -0.2) is 18.7 Å². The van der Waals surface area contributed by atoms with Crippen LogP contribution in [0.5, 0.6) is 23.1 Å². The molecule has 3 aromatic carbocycles. The van der Waals surface area contributed by atoms with Gasteiger partial charge in [-0.2, -0.15) is 0 Å². The van der Waals surface area contributed by atoms with Crippen molar-refractivity contribution >= 4 is 34.1 Å². The molecule has 0 spiro atoms. The van der Waals surface area contributed by atoms with E-state index in [0.29, 0.717) is 74.0 Å². The fourth-order valence-electron chi connectivity index (χ4n) is 4.57. The lowest BCUT2D eigenvalue weighted by atomic mass is 10.0. The number of fused-ring (bicyclic) bond motifs is 2.